The molecule has 0 aliphatic carbocycles. The molecule has 1 aromatic carbocycles. The highest BCUT2D eigenvalue weighted by Gasteiger charge is 2.24. The van der Waals surface area contributed by atoms with Crippen LogP contribution >= 0.6 is 0 Å². The summed E-state index contributed by atoms with van der Waals surface area (Å²) >= 11 is 0. The Balaban J connectivity index is 2.23. The number of esters is 1. The molecular weight excluding hydrogens is 317 g/mol. The Morgan fingerprint density at radius 3 is 2.92 bits per heavy atom. The van der Waals surface area contributed by atoms with Crippen LogP contribution < -0.4 is 5.32 Å². The van der Waals surface area contributed by atoms with Gasteiger partial charge in [0.1, 0.15) is 0 Å². The van der Waals surface area contributed by atoms with Crippen LogP contribution in [0.2, 0.25) is 0 Å². The summed E-state index contributed by atoms with van der Waals surface area (Å²) in [4.78, 5) is 24.4. The first-order valence-corrected chi connectivity index (χ1v) is 7.99. The zero-order valence-corrected chi connectivity index (χ0v) is 13.9. The third-order valence-electron chi connectivity index (χ3n) is 4.07. The van der Waals surface area contributed by atoms with Crippen molar-refractivity contribution in [2.45, 2.75) is 19.8 Å². The number of benzene rings is 1. The van der Waals surface area contributed by atoms with E-state index in [0.717, 1.165) is 38.1 Å². The number of piperidine rings is 1. The highest BCUT2D eigenvalue weighted by atomic mass is 19.1. The molecule has 1 aliphatic heterocycles. The van der Waals surface area contributed by atoms with E-state index in [1.807, 2.05) is 7.05 Å². The van der Waals surface area contributed by atoms with Gasteiger partial charge in [-0.1, -0.05) is 0 Å². The van der Waals surface area contributed by atoms with Crippen LogP contribution in [0, 0.1) is 21.8 Å². The molecule has 0 amide bonds. The van der Waals surface area contributed by atoms with Gasteiger partial charge in [0, 0.05) is 19.2 Å². The Morgan fingerprint density at radius 1 is 1.54 bits per heavy atom. The first kappa shape index (κ1) is 18.1. The molecule has 1 aliphatic rings. The lowest BCUT2D eigenvalue weighted by Gasteiger charge is -2.30. The van der Waals surface area contributed by atoms with Gasteiger partial charge in [-0.05, 0) is 39.3 Å². The fraction of sp³-hybridized carbons (Fsp3) is 0.562. The van der Waals surface area contributed by atoms with Crippen LogP contribution in [0.15, 0.2) is 12.1 Å². The summed E-state index contributed by atoms with van der Waals surface area (Å²) in [6.45, 7) is 4.14. The quantitative estimate of drug-likeness (QED) is 0.487. The van der Waals surface area contributed by atoms with Crippen LogP contribution in [0.25, 0.3) is 0 Å². The molecule has 0 spiro atoms. The van der Waals surface area contributed by atoms with Gasteiger partial charge in [0.05, 0.1) is 28.8 Å². The second-order valence-corrected chi connectivity index (χ2v) is 5.98. The zero-order valence-electron chi connectivity index (χ0n) is 13.9. The van der Waals surface area contributed by atoms with Crippen molar-refractivity contribution >= 4 is 17.3 Å². The number of rotatable bonds is 6. The molecule has 1 atom stereocenters. The number of hydrogen-bond acceptors (Lipinski definition) is 6. The van der Waals surface area contributed by atoms with Crippen molar-refractivity contribution in [1.29, 1.82) is 0 Å². The van der Waals surface area contributed by atoms with Gasteiger partial charge in [0.2, 0.25) is 0 Å². The number of carbonyl (C=O) groups excluding carboxylic acids is 1. The summed E-state index contributed by atoms with van der Waals surface area (Å²) in [5.41, 5.74) is -0.654. The van der Waals surface area contributed by atoms with Gasteiger partial charge >= 0.3 is 5.97 Å². The molecule has 1 heterocycles. The topological polar surface area (TPSA) is 84.7 Å². The monoisotopic (exact) mass is 339 g/mol. The Labute approximate surface area is 139 Å². The highest BCUT2D eigenvalue weighted by Crippen LogP contribution is 2.28. The minimum atomic E-state index is -0.823. The van der Waals surface area contributed by atoms with Crippen molar-refractivity contribution in [3.05, 3.63) is 33.6 Å². The van der Waals surface area contributed by atoms with Crippen LogP contribution in [0.4, 0.5) is 15.8 Å². The van der Waals surface area contributed by atoms with Crippen molar-refractivity contribution in [2.24, 2.45) is 5.92 Å². The molecule has 0 aromatic heterocycles. The number of likely N-dealkylation sites (tertiary alicyclic amines) is 1. The van der Waals surface area contributed by atoms with E-state index in [1.54, 1.807) is 6.92 Å². The molecule has 0 radical (unpaired) electrons. The normalized spacial score (nSPS) is 18.2. The standard InChI is InChI=1S/C16H22FN3O4/c1-3-24-16(21)13-7-12(20(22)23)8-14(17)15(13)18-9-11-5-4-6-19(2)10-11/h7-8,11,18H,3-6,9-10H2,1-2H3. The van der Waals surface area contributed by atoms with Crippen molar-refractivity contribution in [2.75, 3.05) is 38.6 Å². The fourth-order valence-electron chi connectivity index (χ4n) is 2.93. The molecule has 132 valence electrons. The van der Waals surface area contributed by atoms with E-state index >= 15 is 0 Å². The minimum Gasteiger partial charge on any atom is -0.462 e. The maximum atomic E-state index is 14.3. The van der Waals surface area contributed by atoms with Crippen LogP contribution in [0.3, 0.4) is 0 Å². The molecule has 7 nitrogen and oxygen atoms in total. The minimum absolute atomic E-state index is 0.0349. The number of ether oxygens (including phenoxy) is 1. The summed E-state index contributed by atoms with van der Waals surface area (Å²) in [7, 11) is 2.03. The van der Waals surface area contributed by atoms with Gasteiger partial charge < -0.3 is 15.0 Å². The Hall–Kier alpha value is -2.22. The number of non-ortho nitro benzene ring substituents is 1. The fourth-order valence-corrected chi connectivity index (χ4v) is 2.93. The third kappa shape index (κ3) is 4.41. The molecular formula is C16H22FN3O4. The molecule has 24 heavy (non-hydrogen) atoms. The van der Waals surface area contributed by atoms with Crippen LogP contribution in [-0.2, 0) is 4.74 Å². The number of halogens is 1. The molecule has 1 saturated heterocycles. The maximum Gasteiger partial charge on any atom is 0.340 e. The lowest BCUT2D eigenvalue weighted by molar-refractivity contribution is -0.385. The molecule has 1 unspecified atom stereocenters. The molecule has 1 N–H and O–H groups in total. The van der Waals surface area contributed by atoms with Crippen molar-refractivity contribution in [3.63, 3.8) is 0 Å². The number of nitro benzene ring substituents is 1. The summed E-state index contributed by atoms with van der Waals surface area (Å²) in [5, 5.41) is 13.9. The number of carbonyl (C=O) groups is 1. The molecule has 1 aromatic rings. The van der Waals surface area contributed by atoms with Gasteiger partial charge in [-0.15, -0.1) is 0 Å². The Morgan fingerprint density at radius 2 is 2.29 bits per heavy atom. The van der Waals surface area contributed by atoms with Gasteiger partial charge in [-0.2, -0.15) is 0 Å². The van der Waals surface area contributed by atoms with E-state index in [9.17, 15) is 19.3 Å². The average Bonchev–Trinajstić information content (AvgIpc) is 2.53. The third-order valence-corrected chi connectivity index (χ3v) is 4.07. The Bertz CT molecular complexity index is 624. The van der Waals surface area contributed by atoms with Gasteiger partial charge in [0.15, 0.2) is 5.82 Å². The van der Waals surface area contributed by atoms with Crippen LogP contribution in [0.5, 0.6) is 0 Å². The smallest absolute Gasteiger partial charge is 0.340 e. The number of nitro groups is 1. The summed E-state index contributed by atoms with van der Waals surface area (Å²) in [5.74, 6) is -1.27. The van der Waals surface area contributed by atoms with E-state index in [4.69, 9.17) is 4.74 Å². The lowest BCUT2D eigenvalue weighted by Crippen LogP contribution is -2.35. The van der Waals surface area contributed by atoms with Gasteiger partial charge in [-0.3, -0.25) is 10.1 Å². The van der Waals surface area contributed by atoms with Crippen LogP contribution in [-0.4, -0.2) is 49.1 Å². The Kier molecular flexibility index (Phi) is 6.08. The van der Waals surface area contributed by atoms with Crippen molar-refractivity contribution < 1.29 is 18.8 Å². The molecule has 0 bridgehead atoms. The van der Waals surface area contributed by atoms with E-state index in [0.29, 0.717) is 12.5 Å². The average molecular weight is 339 g/mol. The lowest BCUT2D eigenvalue weighted by atomic mass is 9.98. The summed E-state index contributed by atoms with van der Waals surface area (Å²) in [6, 6.07) is 1.87. The molecule has 0 saturated carbocycles. The van der Waals surface area contributed by atoms with Gasteiger partial charge in [-0.25, -0.2) is 9.18 Å². The largest absolute Gasteiger partial charge is 0.462 e. The highest BCUT2D eigenvalue weighted by molar-refractivity contribution is 5.96. The van der Waals surface area contributed by atoms with Gasteiger partial charge in [0.25, 0.3) is 5.69 Å². The van der Waals surface area contributed by atoms with Crippen molar-refractivity contribution in [3.8, 4) is 0 Å². The number of nitrogens with one attached hydrogen (secondary N) is 1. The first-order chi connectivity index (χ1) is 11.4. The zero-order chi connectivity index (χ0) is 17.7. The second-order valence-electron chi connectivity index (χ2n) is 5.98. The second kappa shape index (κ2) is 8.05. The van der Waals surface area contributed by atoms with E-state index in [-0.39, 0.29) is 17.9 Å². The predicted molar refractivity (Wildman–Crippen MR) is 87.7 cm³/mol. The number of anilines is 1. The van der Waals surface area contributed by atoms with Crippen LogP contribution in [0.1, 0.15) is 30.1 Å². The summed E-state index contributed by atoms with van der Waals surface area (Å²) < 4.78 is 19.2. The first-order valence-electron chi connectivity index (χ1n) is 7.99. The SMILES string of the molecule is CCOC(=O)c1cc([N+](=O)[O-])cc(F)c1NCC1CCCN(C)C1. The van der Waals surface area contributed by atoms with E-state index in [2.05, 4.69) is 10.2 Å². The molecule has 2 rings (SSSR count). The molecule has 1 fully saturated rings. The van der Waals surface area contributed by atoms with E-state index in [1.165, 1.54) is 0 Å². The van der Waals surface area contributed by atoms with Crippen molar-refractivity contribution in [1.82, 2.24) is 4.90 Å². The number of nitrogens with zero attached hydrogens (tertiary/aromatic N) is 2. The maximum absolute atomic E-state index is 14.3. The molecule has 8 heteroatoms. The van der Waals surface area contributed by atoms with E-state index < -0.39 is 22.4 Å². The summed E-state index contributed by atoms with van der Waals surface area (Å²) in [6.07, 6.45) is 2.08. The predicted octanol–water partition coefficient (Wildman–Crippen LogP) is 2.66. The number of hydrogen-bond donors (Lipinski definition) is 1.